The quantitative estimate of drug-likeness (QED) is 0.486. The molecule has 0 aliphatic heterocycles. The molecule has 0 radical (unpaired) electrons. The monoisotopic (exact) mass is 250 g/mol. The van der Waals surface area contributed by atoms with Gasteiger partial charge in [0.15, 0.2) is 0 Å². The van der Waals surface area contributed by atoms with E-state index in [2.05, 4.69) is 67.5 Å². The lowest BCUT2D eigenvalue weighted by Gasteiger charge is -2.18. The summed E-state index contributed by atoms with van der Waals surface area (Å²) in [5.41, 5.74) is 3.90. The lowest BCUT2D eigenvalue weighted by molar-refractivity contribution is 0.409. The highest BCUT2D eigenvalue weighted by Crippen LogP contribution is 2.24. The van der Waals surface area contributed by atoms with E-state index in [0.717, 1.165) is 0 Å². The molecule has 0 aromatic rings. The van der Waals surface area contributed by atoms with Crippen LogP contribution in [0.1, 0.15) is 81.1 Å². The maximum absolute atomic E-state index is 2.42. The Morgan fingerprint density at radius 3 is 1.78 bits per heavy atom. The van der Waals surface area contributed by atoms with E-state index in [-0.39, 0.29) is 0 Å². The van der Waals surface area contributed by atoms with E-state index in [9.17, 15) is 0 Å². The van der Waals surface area contributed by atoms with Gasteiger partial charge in [0.05, 0.1) is 0 Å². The zero-order valence-electron chi connectivity index (χ0n) is 14.0. The second kappa shape index (κ2) is 7.16. The van der Waals surface area contributed by atoms with E-state index in [4.69, 9.17) is 0 Å². The van der Waals surface area contributed by atoms with Crippen molar-refractivity contribution in [3.05, 3.63) is 23.3 Å². The summed E-state index contributed by atoms with van der Waals surface area (Å²) in [5, 5.41) is 0. The average Bonchev–Trinajstić information content (AvgIpc) is 2.10. The van der Waals surface area contributed by atoms with Gasteiger partial charge in [0.2, 0.25) is 0 Å². The van der Waals surface area contributed by atoms with E-state index < -0.39 is 0 Å². The molecule has 0 spiro atoms. The summed E-state index contributed by atoms with van der Waals surface area (Å²) in [6, 6.07) is 0. The maximum atomic E-state index is 2.42. The first-order valence-electron chi connectivity index (χ1n) is 7.31. The number of allylic oxidation sites excluding steroid dienone is 4. The molecule has 0 heteroatoms. The van der Waals surface area contributed by atoms with Crippen LogP contribution in [0.2, 0.25) is 0 Å². The zero-order chi connectivity index (χ0) is 14.4. The minimum Gasteiger partial charge on any atom is -0.0853 e. The molecule has 0 aliphatic carbocycles. The molecule has 0 aromatic carbocycles. The number of hydrogen-bond donors (Lipinski definition) is 0. The van der Waals surface area contributed by atoms with E-state index in [1.807, 2.05) is 0 Å². The third-order valence-electron chi connectivity index (χ3n) is 2.90. The number of rotatable bonds is 5. The third kappa shape index (κ3) is 12.0. The van der Waals surface area contributed by atoms with Crippen LogP contribution in [0.5, 0.6) is 0 Å². The summed E-state index contributed by atoms with van der Waals surface area (Å²) in [7, 11) is 0. The van der Waals surface area contributed by atoms with Crippen molar-refractivity contribution >= 4 is 0 Å². The molecule has 0 saturated heterocycles. The van der Waals surface area contributed by atoms with Crippen molar-refractivity contribution in [1.82, 2.24) is 0 Å². The summed E-state index contributed by atoms with van der Waals surface area (Å²) in [4.78, 5) is 0. The fourth-order valence-electron chi connectivity index (χ4n) is 2.04. The standard InChI is InChI=1S/C18H34/c1-15(12-13-17(3,4)5)10-9-11-16(2)14-18(6,7)8/h11-12H,9-10,13-14H2,1-8H3/b15-12+,16-11+. The van der Waals surface area contributed by atoms with E-state index >= 15 is 0 Å². The Hall–Kier alpha value is -0.520. The molecule has 0 aromatic heterocycles. The Labute approximate surface area is 116 Å². The lowest BCUT2D eigenvalue weighted by Crippen LogP contribution is -2.04. The Balaban J connectivity index is 4.07. The first kappa shape index (κ1) is 17.5. The topological polar surface area (TPSA) is 0 Å². The van der Waals surface area contributed by atoms with Gasteiger partial charge < -0.3 is 0 Å². The molecule has 0 N–H and O–H groups in total. The van der Waals surface area contributed by atoms with Crippen LogP contribution in [-0.4, -0.2) is 0 Å². The van der Waals surface area contributed by atoms with Gasteiger partial charge in [0.1, 0.15) is 0 Å². The minimum absolute atomic E-state index is 0.414. The molecule has 0 unspecified atom stereocenters. The van der Waals surface area contributed by atoms with Crippen LogP contribution in [0.4, 0.5) is 0 Å². The Morgan fingerprint density at radius 1 is 0.778 bits per heavy atom. The first-order valence-corrected chi connectivity index (χ1v) is 7.31. The van der Waals surface area contributed by atoms with Gasteiger partial charge in [-0.05, 0) is 50.4 Å². The summed E-state index contributed by atoms with van der Waals surface area (Å²) >= 11 is 0. The zero-order valence-corrected chi connectivity index (χ0v) is 14.0. The van der Waals surface area contributed by atoms with Crippen molar-refractivity contribution in [3.8, 4) is 0 Å². The molecule has 0 nitrogen and oxygen atoms in total. The molecule has 0 bridgehead atoms. The van der Waals surface area contributed by atoms with Gasteiger partial charge in [0.25, 0.3) is 0 Å². The van der Waals surface area contributed by atoms with Gasteiger partial charge in [0, 0.05) is 0 Å². The van der Waals surface area contributed by atoms with Crippen LogP contribution in [0, 0.1) is 10.8 Å². The molecule has 0 aliphatic rings. The van der Waals surface area contributed by atoms with Crippen LogP contribution in [0.15, 0.2) is 23.3 Å². The summed E-state index contributed by atoms with van der Waals surface area (Å²) in [6.07, 6.45) is 9.61. The molecule has 0 saturated carbocycles. The SMILES string of the molecule is C/C(=C\CC(C)(C)C)CC/C=C(\C)CC(C)(C)C. The van der Waals surface area contributed by atoms with E-state index in [1.165, 1.54) is 36.8 Å². The molecule has 0 atom stereocenters. The second-order valence-electron chi connectivity index (χ2n) is 8.14. The van der Waals surface area contributed by atoms with Crippen molar-refractivity contribution in [3.63, 3.8) is 0 Å². The Kier molecular flexibility index (Phi) is 6.96. The van der Waals surface area contributed by atoms with Crippen molar-refractivity contribution in [2.75, 3.05) is 0 Å². The summed E-state index contributed by atoms with van der Waals surface area (Å²) < 4.78 is 0. The summed E-state index contributed by atoms with van der Waals surface area (Å²) in [6.45, 7) is 18.3. The van der Waals surface area contributed by atoms with Gasteiger partial charge in [-0.15, -0.1) is 0 Å². The van der Waals surface area contributed by atoms with Crippen LogP contribution in [0.3, 0.4) is 0 Å². The van der Waals surface area contributed by atoms with Gasteiger partial charge in [-0.25, -0.2) is 0 Å². The smallest absolute Gasteiger partial charge is 0.0274 e. The molecule has 106 valence electrons. The Morgan fingerprint density at radius 2 is 1.33 bits per heavy atom. The highest BCUT2D eigenvalue weighted by atomic mass is 14.2. The highest BCUT2D eigenvalue weighted by molar-refractivity contribution is 5.05. The highest BCUT2D eigenvalue weighted by Gasteiger charge is 2.10. The average molecular weight is 250 g/mol. The summed E-state index contributed by atoms with van der Waals surface area (Å²) in [5.74, 6) is 0. The van der Waals surface area contributed by atoms with Crippen LogP contribution < -0.4 is 0 Å². The fraction of sp³-hybridized carbons (Fsp3) is 0.778. The van der Waals surface area contributed by atoms with E-state index in [0.29, 0.717) is 10.8 Å². The third-order valence-corrected chi connectivity index (χ3v) is 2.90. The van der Waals surface area contributed by atoms with Crippen molar-refractivity contribution < 1.29 is 0 Å². The first-order chi connectivity index (χ1) is 7.99. The van der Waals surface area contributed by atoms with Gasteiger partial charge in [-0.1, -0.05) is 64.8 Å². The fourth-order valence-corrected chi connectivity index (χ4v) is 2.04. The molecule has 0 fully saturated rings. The van der Waals surface area contributed by atoms with Gasteiger partial charge in [-0.2, -0.15) is 0 Å². The van der Waals surface area contributed by atoms with Crippen LogP contribution >= 0.6 is 0 Å². The second-order valence-corrected chi connectivity index (χ2v) is 8.14. The van der Waals surface area contributed by atoms with Crippen molar-refractivity contribution in [1.29, 1.82) is 0 Å². The van der Waals surface area contributed by atoms with E-state index in [1.54, 1.807) is 0 Å². The predicted molar refractivity (Wildman–Crippen MR) is 84.9 cm³/mol. The molecule has 0 rings (SSSR count). The van der Waals surface area contributed by atoms with Crippen LogP contribution in [0.25, 0.3) is 0 Å². The normalized spacial score (nSPS) is 15.1. The molecule has 18 heavy (non-hydrogen) atoms. The Bertz CT molecular complexity index is 289. The molecular formula is C18H34. The minimum atomic E-state index is 0.414. The van der Waals surface area contributed by atoms with Gasteiger partial charge in [-0.3, -0.25) is 0 Å². The molecule has 0 amide bonds. The predicted octanol–water partition coefficient (Wildman–Crippen LogP) is 6.53. The molecular weight excluding hydrogens is 216 g/mol. The lowest BCUT2D eigenvalue weighted by atomic mass is 9.88. The van der Waals surface area contributed by atoms with Crippen LogP contribution in [-0.2, 0) is 0 Å². The van der Waals surface area contributed by atoms with Crippen molar-refractivity contribution in [2.24, 2.45) is 10.8 Å². The number of hydrogen-bond acceptors (Lipinski definition) is 0. The van der Waals surface area contributed by atoms with Gasteiger partial charge >= 0.3 is 0 Å². The molecule has 0 heterocycles. The maximum Gasteiger partial charge on any atom is -0.0274 e. The van der Waals surface area contributed by atoms with Crippen molar-refractivity contribution in [2.45, 2.75) is 81.1 Å². The largest absolute Gasteiger partial charge is 0.0853 e.